The number of hydrogen-bond donors (Lipinski definition) is 0. The second kappa shape index (κ2) is 4.78. The average molecular weight is 256 g/mol. The summed E-state index contributed by atoms with van der Waals surface area (Å²) < 4.78 is 6.69. The van der Waals surface area contributed by atoms with E-state index >= 15 is 0 Å². The first-order valence-corrected chi connectivity index (χ1v) is 5.93. The second-order valence-corrected chi connectivity index (χ2v) is 4.42. The molecule has 0 bridgehead atoms. The predicted molar refractivity (Wildman–Crippen MR) is 59.4 cm³/mol. The second-order valence-electron chi connectivity index (χ2n) is 3.67. The van der Waals surface area contributed by atoms with E-state index in [1.54, 1.807) is 6.20 Å². The molecule has 2 rings (SSSR count). The number of pyridine rings is 1. The van der Waals surface area contributed by atoms with Crippen LogP contribution in [0.5, 0.6) is 5.75 Å². The van der Waals surface area contributed by atoms with E-state index in [-0.39, 0.29) is 0 Å². The lowest BCUT2D eigenvalue weighted by Crippen LogP contribution is -2.19. The van der Waals surface area contributed by atoms with Gasteiger partial charge in [-0.15, -0.1) is 0 Å². The van der Waals surface area contributed by atoms with Crippen LogP contribution in [-0.2, 0) is 0 Å². The van der Waals surface area contributed by atoms with Gasteiger partial charge >= 0.3 is 0 Å². The summed E-state index contributed by atoms with van der Waals surface area (Å²) in [4.78, 5) is 4.14. The summed E-state index contributed by atoms with van der Waals surface area (Å²) in [6, 6.07) is 3.87. The molecule has 1 aromatic rings. The third-order valence-corrected chi connectivity index (χ3v) is 3.17. The molecule has 0 atom stereocenters. The van der Waals surface area contributed by atoms with Crippen LogP contribution in [-0.4, -0.2) is 11.1 Å². The Morgan fingerprint density at radius 2 is 2.07 bits per heavy atom. The molecule has 0 spiro atoms. The highest BCUT2D eigenvalue weighted by Gasteiger charge is 2.15. The van der Waals surface area contributed by atoms with Crippen LogP contribution in [0.4, 0.5) is 0 Å². The zero-order valence-corrected chi connectivity index (χ0v) is 9.66. The summed E-state index contributed by atoms with van der Waals surface area (Å²) >= 11 is 3.39. The van der Waals surface area contributed by atoms with Crippen LogP contribution in [0.25, 0.3) is 0 Å². The van der Waals surface area contributed by atoms with Gasteiger partial charge < -0.3 is 4.74 Å². The zero-order valence-electron chi connectivity index (χ0n) is 8.08. The molecule has 1 fully saturated rings. The average Bonchev–Trinajstić information content (AvgIpc) is 2.23. The van der Waals surface area contributed by atoms with Crippen LogP contribution in [0.15, 0.2) is 22.9 Å². The molecule has 1 saturated carbocycles. The van der Waals surface area contributed by atoms with Gasteiger partial charge in [0.15, 0.2) is 5.75 Å². The Kier molecular flexibility index (Phi) is 3.40. The maximum atomic E-state index is 5.88. The number of halogens is 1. The van der Waals surface area contributed by atoms with Gasteiger partial charge in [-0.3, -0.25) is 0 Å². The van der Waals surface area contributed by atoms with E-state index in [1.165, 1.54) is 32.1 Å². The van der Waals surface area contributed by atoms with E-state index in [0.29, 0.717) is 6.10 Å². The number of hydrogen-bond acceptors (Lipinski definition) is 2. The molecule has 2 nitrogen and oxygen atoms in total. The van der Waals surface area contributed by atoms with Crippen molar-refractivity contribution in [2.24, 2.45) is 0 Å². The lowest BCUT2D eigenvalue weighted by atomic mass is 9.98. The summed E-state index contributed by atoms with van der Waals surface area (Å²) in [5.41, 5.74) is 0. The molecule has 1 aliphatic carbocycles. The maximum absolute atomic E-state index is 5.88. The van der Waals surface area contributed by atoms with Gasteiger partial charge in [-0.2, -0.15) is 0 Å². The lowest BCUT2D eigenvalue weighted by Gasteiger charge is -2.23. The van der Waals surface area contributed by atoms with Crippen molar-refractivity contribution in [3.63, 3.8) is 0 Å². The van der Waals surface area contributed by atoms with Gasteiger partial charge in [0.25, 0.3) is 0 Å². The zero-order chi connectivity index (χ0) is 9.80. The Bertz CT molecular complexity index is 297. The molecule has 14 heavy (non-hydrogen) atoms. The van der Waals surface area contributed by atoms with E-state index in [1.807, 2.05) is 12.1 Å². The van der Waals surface area contributed by atoms with Crippen molar-refractivity contribution in [1.29, 1.82) is 0 Å². The van der Waals surface area contributed by atoms with Gasteiger partial charge in [-0.25, -0.2) is 4.98 Å². The summed E-state index contributed by atoms with van der Waals surface area (Å²) in [6.07, 6.45) is 8.46. The fourth-order valence-corrected chi connectivity index (χ4v) is 2.17. The lowest BCUT2D eigenvalue weighted by molar-refractivity contribution is 0.153. The summed E-state index contributed by atoms with van der Waals surface area (Å²) in [5, 5.41) is 0. The minimum atomic E-state index is 0.393. The Morgan fingerprint density at radius 1 is 1.29 bits per heavy atom. The van der Waals surface area contributed by atoms with E-state index in [2.05, 4.69) is 20.9 Å². The predicted octanol–water partition coefficient (Wildman–Crippen LogP) is 3.56. The van der Waals surface area contributed by atoms with Crippen molar-refractivity contribution >= 4 is 15.9 Å². The van der Waals surface area contributed by atoms with Crippen LogP contribution in [0, 0.1) is 0 Å². The summed E-state index contributed by atoms with van der Waals surface area (Å²) in [7, 11) is 0. The minimum Gasteiger partial charge on any atom is -0.488 e. The molecule has 1 aliphatic rings. The molecule has 1 heterocycles. The smallest absolute Gasteiger partial charge is 0.152 e. The number of nitrogens with zero attached hydrogens (tertiary/aromatic N) is 1. The van der Waals surface area contributed by atoms with Gasteiger partial charge in [0, 0.05) is 6.20 Å². The molecule has 0 N–H and O–H groups in total. The van der Waals surface area contributed by atoms with Crippen molar-refractivity contribution in [3.05, 3.63) is 22.9 Å². The molecule has 0 aromatic carbocycles. The quantitative estimate of drug-likeness (QED) is 0.755. The topological polar surface area (TPSA) is 22.1 Å². The van der Waals surface area contributed by atoms with E-state index < -0.39 is 0 Å². The Labute approximate surface area is 92.8 Å². The minimum absolute atomic E-state index is 0.393. The highest BCUT2D eigenvalue weighted by molar-refractivity contribution is 9.10. The molecule has 0 unspecified atom stereocenters. The van der Waals surface area contributed by atoms with Crippen LogP contribution in [0.3, 0.4) is 0 Å². The SMILES string of the molecule is Brc1ncccc1OC1CCCCC1. The molecular weight excluding hydrogens is 242 g/mol. The molecule has 76 valence electrons. The molecule has 0 saturated heterocycles. The van der Waals surface area contributed by atoms with E-state index in [4.69, 9.17) is 4.74 Å². The Morgan fingerprint density at radius 3 is 2.79 bits per heavy atom. The number of rotatable bonds is 2. The van der Waals surface area contributed by atoms with Crippen molar-refractivity contribution in [2.75, 3.05) is 0 Å². The number of ether oxygens (including phenoxy) is 1. The van der Waals surface area contributed by atoms with Crippen molar-refractivity contribution in [1.82, 2.24) is 4.98 Å². The first kappa shape index (κ1) is 9.97. The molecule has 0 radical (unpaired) electrons. The Hall–Kier alpha value is -0.570. The molecule has 0 aliphatic heterocycles. The monoisotopic (exact) mass is 255 g/mol. The molecule has 0 amide bonds. The van der Waals surface area contributed by atoms with Gasteiger partial charge in [0.05, 0.1) is 6.10 Å². The highest BCUT2D eigenvalue weighted by Crippen LogP contribution is 2.27. The van der Waals surface area contributed by atoms with Gasteiger partial charge in [-0.05, 0) is 53.7 Å². The van der Waals surface area contributed by atoms with Crippen molar-refractivity contribution in [2.45, 2.75) is 38.2 Å². The van der Waals surface area contributed by atoms with Crippen LogP contribution >= 0.6 is 15.9 Å². The fourth-order valence-electron chi connectivity index (χ4n) is 1.82. The Balaban J connectivity index is 1.99. The summed E-state index contributed by atoms with van der Waals surface area (Å²) in [6.45, 7) is 0. The van der Waals surface area contributed by atoms with Gasteiger partial charge in [-0.1, -0.05) is 6.42 Å². The first-order chi connectivity index (χ1) is 6.86. The maximum Gasteiger partial charge on any atom is 0.152 e. The van der Waals surface area contributed by atoms with Gasteiger partial charge in [0.2, 0.25) is 0 Å². The standard InChI is InChI=1S/C11H14BrNO/c12-11-10(7-4-8-13-11)14-9-5-2-1-3-6-9/h4,7-9H,1-3,5-6H2. The van der Waals surface area contributed by atoms with E-state index in [0.717, 1.165) is 10.4 Å². The van der Waals surface area contributed by atoms with Crippen LogP contribution < -0.4 is 4.74 Å². The van der Waals surface area contributed by atoms with Crippen LogP contribution in [0.2, 0.25) is 0 Å². The van der Waals surface area contributed by atoms with Gasteiger partial charge in [0.1, 0.15) is 4.60 Å². The van der Waals surface area contributed by atoms with Crippen molar-refractivity contribution in [3.8, 4) is 5.75 Å². The molecule has 1 aromatic heterocycles. The van der Waals surface area contributed by atoms with E-state index in [9.17, 15) is 0 Å². The summed E-state index contributed by atoms with van der Waals surface area (Å²) in [5.74, 6) is 0.874. The molecular formula is C11H14BrNO. The van der Waals surface area contributed by atoms with Crippen molar-refractivity contribution < 1.29 is 4.74 Å². The third-order valence-electron chi connectivity index (χ3n) is 2.57. The van der Waals surface area contributed by atoms with Crippen LogP contribution in [0.1, 0.15) is 32.1 Å². The molecule has 3 heteroatoms. The highest BCUT2D eigenvalue weighted by atomic mass is 79.9. The normalized spacial score (nSPS) is 18.1. The first-order valence-electron chi connectivity index (χ1n) is 5.13. The number of aromatic nitrogens is 1. The third kappa shape index (κ3) is 2.47. The largest absolute Gasteiger partial charge is 0.488 e. The fraction of sp³-hybridized carbons (Fsp3) is 0.545.